The predicted molar refractivity (Wildman–Crippen MR) is 175 cm³/mol. The van der Waals surface area contributed by atoms with Gasteiger partial charge in [-0.1, -0.05) is 135 Å². The zero-order valence-electron chi connectivity index (χ0n) is 27.1. The van der Waals surface area contributed by atoms with Gasteiger partial charge in [-0.05, 0) is 32.4 Å². The number of aromatic nitrogens is 4. The van der Waals surface area contributed by atoms with Gasteiger partial charge in [0.25, 0.3) is 5.56 Å². The second-order valence-corrected chi connectivity index (χ2v) is 12.4. The Morgan fingerprint density at radius 2 is 1.02 bits per heavy atom. The zero-order chi connectivity index (χ0) is 29.5. The van der Waals surface area contributed by atoms with Crippen LogP contribution >= 0.6 is 0 Å². The molecule has 0 radical (unpaired) electrons. The number of nitrogens with zero attached hydrogens (tertiary/aromatic N) is 4. The second kappa shape index (κ2) is 22.7. The summed E-state index contributed by atoms with van der Waals surface area (Å²) in [5.41, 5.74) is 0.462. The van der Waals surface area contributed by atoms with Crippen LogP contribution in [-0.2, 0) is 20.6 Å². The standard InChI is InChI=1S/C34H63N5O2/c1-4-5-6-7-8-9-10-11-12-13-15-18-21-24-27-35-28-25-22-19-16-14-17-20-23-26-29-39-33(40)31-32(36-30-37(31)2)38(3)34(39)41/h30,35H,4-29H2,1-3H3. The van der Waals surface area contributed by atoms with Crippen molar-refractivity contribution in [3.05, 3.63) is 27.2 Å². The smallest absolute Gasteiger partial charge is 0.328 e. The first-order valence-corrected chi connectivity index (χ1v) is 17.4. The van der Waals surface area contributed by atoms with Crippen molar-refractivity contribution in [2.75, 3.05) is 13.1 Å². The van der Waals surface area contributed by atoms with Gasteiger partial charge in [0.15, 0.2) is 11.2 Å². The molecule has 0 fully saturated rings. The second-order valence-electron chi connectivity index (χ2n) is 12.4. The molecule has 0 aliphatic rings. The fourth-order valence-electron chi connectivity index (χ4n) is 5.92. The maximum absolute atomic E-state index is 12.7. The van der Waals surface area contributed by atoms with Crippen molar-refractivity contribution < 1.29 is 0 Å². The quantitative estimate of drug-likeness (QED) is 0.110. The van der Waals surface area contributed by atoms with Gasteiger partial charge in [0.05, 0.1) is 6.33 Å². The molecule has 41 heavy (non-hydrogen) atoms. The van der Waals surface area contributed by atoms with E-state index in [1.165, 1.54) is 157 Å². The number of unbranched alkanes of at least 4 members (excludes halogenated alkanes) is 21. The molecular weight excluding hydrogens is 510 g/mol. The third-order valence-corrected chi connectivity index (χ3v) is 8.64. The summed E-state index contributed by atoms with van der Waals surface area (Å²) < 4.78 is 4.55. The Kier molecular flexibility index (Phi) is 19.5. The summed E-state index contributed by atoms with van der Waals surface area (Å²) in [6.45, 7) is 5.13. The molecule has 7 nitrogen and oxygen atoms in total. The Hall–Kier alpha value is -1.89. The number of rotatable bonds is 27. The van der Waals surface area contributed by atoms with Crippen LogP contribution in [0.3, 0.4) is 0 Å². The van der Waals surface area contributed by atoms with E-state index in [9.17, 15) is 9.59 Å². The van der Waals surface area contributed by atoms with E-state index in [-0.39, 0.29) is 11.2 Å². The molecule has 0 bridgehead atoms. The first kappa shape index (κ1) is 35.3. The van der Waals surface area contributed by atoms with Crippen LogP contribution in [0.5, 0.6) is 0 Å². The molecule has 2 heterocycles. The maximum atomic E-state index is 12.7. The van der Waals surface area contributed by atoms with Crippen molar-refractivity contribution in [2.24, 2.45) is 14.1 Å². The molecule has 0 saturated carbocycles. The van der Waals surface area contributed by atoms with Crippen molar-refractivity contribution in [2.45, 2.75) is 161 Å². The molecule has 0 atom stereocenters. The number of hydrogen-bond acceptors (Lipinski definition) is 4. The summed E-state index contributed by atoms with van der Waals surface area (Å²) in [7, 11) is 3.48. The number of hydrogen-bond donors (Lipinski definition) is 1. The number of fused-ring (bicyclic) bond motifs is 1. The summed E-state index contributed by atoms with van der Waals surface area (Å²) in [4.78, 5) is 29.5. The normalized spacial score (nSPS) is 11.7. The highest BCUT2D eigenvalue weighted by Crippen LogP contribution is 2.13. The first-order chi connectivity index (χ1) is 20.1. The molecule has 0 spiro atoms. The molecule has 236 valence electrons. The molecular formula is C34H63N5O2. The third-order valence-electron chi connectivity index (χ3n) is 8.64. The molecule has 0 amide bonds. The molecule has 1 N–H and O–H groups in total. The third kappa shape index (κ3) is 14.2. The highest BCUT2D eigenvalue weighted by molar-refractivity contribution is 5.69. The van der Waals surface area contributed by atoms with Crippen LogP contribution in [0.4, 0.5) is 0 Å². The summed E-state index contributed by atoms with van der Waals surface area (Å²) >= 11 is 0. The van der Waals surface area contributed by atoms with Crippen LogP contribution < -0.4 is 16.6 Å². The van der Waals surface area contributed by atoms with Crippen molar-refractivity contribution in [1.29, 1.82) is 0 Å². The summed E-state index contributed by atoms with van der Waals surface area (Å²) in [5.74, 6) is 0. The van der Waals surface area contributed by atoms with Crippen LogP contribution in [-0.4, -0.2) is 31.8 Å². The van der Waals surface area contributed by atoms with Crippen LogP contribution in [0.25, 0.3) is 11.2 Å². The molecule has 7 heteroatoms. The van der Waals surface area contributed by atoms with Gasteiger partial charge < -0.3 is 9.88 Å². The van der Waals surface area contributed by atoms with Gasteiger partial charge >= 0.3 is 5.69 Å². The Labute approximate surface area is 250 Å². The lowest BCUT2D eigenvalue weighted by atomic mass is 10.0. The maximum Gasteiger partial charge on any atom is 0.332 e. The van der Waals surface area contributed by atoms with Gasteiger partial charge in [0.2, 0.25) is 0 Å². The Bertz CT molecular complexity index is 1040. The lowest BCUT2D eigenvalue weighted by Gasteiger charge is -2.08. The molecule has 0 aliphatic carbocycles. The van der Waals surface area contributed by atoms with Crippen molar-refractivity contribution in [1.82, 2.24) is 24.0 Å². The number of aryl methyl sites for hydroxylation is 2. The lowest BCUT2D eigenvalue weighted by Crippen LogP contribution is -2.39. The highest BCUT2D eigenvalue weighted by atomic mass is 16.2. The monoisotopic (exact) mass is 573 g/mol. The average molecular weight is 574 g/mol. The summed E-state index contributed by atoms with van der Waals surface area (Å²) in [5, 5.41) is 3.64. The molecule has 2 aromatic rings. The molecule has 2 rings (SSSR count). The van der Waals surface area contributed by atoms with Crippen LogP contribution in [0.15, 0.2) is 15.9 Å². The summed E-state index contributed by atoms with van der Waals surface area (Å²) in [6, 6.07) is 0. The van der Waals surface area contributed by atoms with Gasteiger partial charge in [-0.2, -0.15) is 0 Å². The number of imidazole rings is 1. The van der Waals surface area contributed by atoms with Gasteiger partial charge in [-0.25, -0.2) is 9.78 Å². The summed E-state index contributed by atoms with van der Waals surface area (Å²) in [6.07, 6.45) is 32.4. The van der Waals surface area contributed by atoms with Crippen LogP contribution in [0.1, 0.15) is 155 Å². The first-order valence-electron chi connectivity index (χ1n) is 17.4. The van der Waals surface area contributed by atoms with E-state index in [1.807, 2.05) is 0 Å². The average Bonchev–Trinajstić information content (AvgIpc) is 3.36. The minimum atomic E-state index is -0.268. The minimum absolute atomic E-state index is 0.225. The van der Waals surface area contributed by atoms with Gasteiger partial charge in [0, 0.05) is 20.6 Å². The van der Waals surface area contributed by atoms with E-state index in [2.05, 4.69) is 17.2 Å². The van der Waals surface area contributed by atoms with Crippen molar-refractivity contribution in [3.8, 4) is 0 Å². The highest BCUT2D eigenvalue weighted by Gasteiger charge is 2.14. The SMILES string of the molecule is CCCCCCCCCCCCCCCCNCCCCCCCCCCCn1c(=O)c2c(ncn2C)n(C)c1=O. The van der Waals surface area contributed by atoms with E-state index in [1.54, 1.807) is 25.0 Å². The van der Waals surface area contributed by atoms with E-state index in [4.69, 9.17) is 0 Å². The largest absolute Gasteiger partial charge is 0.332 e. The Balaban J connectivity index is 1.31. The van der Waals surface area contributed by atoms with E-state index >= 15 is 0 Å². The molecule has 0 aromatic carbocycles. The fourth-order valence-corrected chi connectivity index (χ4v) is 5.92. The number of nitrogens with one attached hydrogen (secondary N) is 1. The van der Waals surface area contributed by atoms with Crippen LogP contribution in [0.2, 0.25) is 0 Å². The molecule has 0 aliphatic heterocycles. The van der Waals surface area contributed by atoms with E-state index in [0.29, 0.717) is 17.7 Å². The zero-order valence-corrected chi connectivity index (χ0v) is 27.1. The lowest BCUT2D eigenvalue weighted by molar-refractivity contribution is 0.509. The molecule has 2 aromatic heterocycles. The topological polar surface area (TPSA) is 73.8 Å². The Morgan fingerprint density at radius 1 is 0.610 bits per heavy atom. The molecule has 0 saturated heterocycles. The van der Waals surface area contributed by atoms with Crippen LogP contribution in [0, 0.1) is 0 Å². The van der Waals surface area contributed by atoms with Crippen molar-refractivity contribution in [3.63, 3.8) is 0 Å². The van der Waals surface area contributed by atoms with Crippen molar-refractivity contribution >= 4 is 11.2 Å². The van der Waals surface area contributed by atoms with E-state index < -0.39 is 0 Å². The fraction of sp³-hybridized carbons (Fsp3) is 0.853. The minimum Gasteiger partial charge on any atom is -0.328 e. The van der Waals surface area contributed by atoms with Gasteiger partial charge in [0.1, 0.15) is 0 Å². The molecule has 0 unspecified atom stereocenters. The van der Waals surface area contributed by atoms with Gasteiger partial charge in [-0.15, -0.1) is 0 Å². The van der Waals surface area contributed by atoms with E-state index in [0.717, 1.165) is 12.8 Å². The predicted octanol–water partition coefficient (Wildman–Crippen LogP) is 8.02. The van der Waals surface area contributed by atoms with Gasteiger partial charge in [-0.3, -0.25) is 13.9 Å². The Morgan fingerprint density at radius 3 is 1.49 bits per heavy atom.